The fraction of sp³-hybridized carbons (Fsp3) is 0.550. The van der Waals surface area contributed by atoms with Crippen molar-refractivity contribution in [3.05, 3.63) is 35.4 Å². The molecule has 1 fully saturated rings. The second-order valence-corrected chi connectivity index (χ2v) is 7.06. The average molecular weight is 357 g/mol. The number of nitrogens with zero attached hydrogens (tertiary/aromatic N) is 2. The Bertz CT molecular complexity index is 718. The third-order valence-electron chi connectivity index (χ3n) is 5.46. The summed E-state index contributed by atoms with van der Waals surface area (Å²) in [6.45, 7) is 5.03. The lowest BCUT2D eigenvalue weighted by Gasteiger charge is -2.33. The number of hydrogen-bond acceptors (Lipinski definition) is 3. The second kappa shape index (κ2) is 7.48. The molecule has 1 aliphatic heterocycles. The van der Waals surface area contributed by atoms with Crippen LogP contribution in [0.1, 0.15) is 50.7 Å². The minimum absolute atomic E-state index is 0.175. The van der Waals surface area contributed by atoms with Gasteiger partial charge < -0.3 is 10.2 Å². The molecule has 2 aliphatic rings. The number of urea groups is 1. The summed E-state index contributed by atoms with van der Waals surface area (Å²) in [5, 5.41) is 2.90. The molecule has 0 unspecified atom stereocenters. The second-order valence-electron chi connectivity index (χ2n) is 7.06. The van der Waals surface area contributed by atoms with Crippen LogP contribution < -0.4 is 5.32 Å². The molecule has 26 heavy (non-hydrogen) atoms. The molecular formula is C20H27N3O3. The third-order valence-corrected chi connectivity index (χ3v) is 5.46. The predicted molar refractivity (Wildman–Crippen MR) is 98.5 cm³/mol. The number of carbonyl (C=O) groups excluding carboxylic acids is 3. The predicted octanol–water partition coefficient (Wildman–Crippen LogP) is 2.42. The van der Waals surface area contributed by atoms with Gasteiger partial charge in [-0.1, -0.05) is 37.6 Å². The number of carbonyl (C=O) groups is 3. The van der Waals surface area contributed by atoms with Crippen LogP contribution in [0.3, 0.4) is 0 Å². The van der Waals surface area contributed by atoms with E-state index in [-0.39, 0.29) is 18.4 Å². The van der Waals surface area contributed by atoms with Gasteiger partial charge >= 0.3 is 6.03 Å². The van der Waals surface area contributed by atoms with Crippen LogP contribution in [0.2, 0.25) is 0 Å². The van der Waals surface area contributed by atoms with Gasteiger partial charge in [0.1, 0.15) is 12.1 Å². The zero-order valence-electron chi connectivity index (χ0n) is 15.6. The summed E-state index contributed by atoms with van der Waals surface area (Å²) in [6, 6.07) is 7.30. The first-order valence-electron chi connectivity index (χ1n) is 9.53. The smallest absolute Gasteiger partial charge is 0.325 e. The maximum atomic E-state index is 13.2. The van der Waals surface area contributed by atoms with E-state index in [4.69, 9.17) is 0 Å². The van der Waals surface area contributed by atoms with Gasteiger partial charge in [-0.25, -0.2) is 4.79 Å². The fourth-order valence-corrected chi connectivity index (χ4v) is 4.00. The number of nitrogens with one attached hydrogen (secondary N) is 1. The van der Waals surface area contributed by atoms with Gasteiger partial charge in [-0.15, -0.1) is 0 Å². The number of rotatable bonds is 6. The van der Waals surface area contributed by atoms with Crippen molar-refractivity contribution in [1.82, 2.24) is 15.1 Å². The van der Waals surface area contributed by atoms with E-state index >= 15 is 0 Å². The van der Waals surface area contributed by atoms with E-state index in [2.05, 4.69) is 12.2 Å². The highest BCUT2D eigenvalue weighted by Crippen LogP contribution is 2.39. The molecule has 1 aliphatic carbocycles. The molecule has 6 nitrogen and oxygen atoms in total. The topological polar surface area (TPSA) is 69.7 Å². The maximum absolute atomic E-state index is 13.2. The maximum Gasteiger partial charge on any atom is 0.325 e. The van der Waals surface area contributed by atoms with Crippen LogP contribution in [0.4, 0.5) is 4.79 Å². The first kappa shape index (κ1) is 18.4. The lowest BCUT2D eigenvalue weighted by Crippen LogP contribution is -2.47. The van der Waals surface area contributed by atoms with Gasteiger partial charge in [0.05, 0.1) is 0 Å². The SMILES string of the molecule is CCCCN(CC)C(=O)CN1C(=O)N[C@]2(CCCc3ccccc32)C1=O. The van der Waals surface area contributed by atoms with Gasteiger partial charge in [-0.3, -0.25) is 14.5 Å². The zero-order chi connectivity index (χ0) is 18.7. The molecule has 1 spiro atoms. The molecule has 4 amide bonds. The van der Waals surface area contributed by atoms with Crippen LogP contribution >= 0.6 is 0 Å². The Balaban J connectivity index is 1.81. The van der Waals surface area contributed by atoms with E-state index in [1.807, 2.05) is 31.2 Å². The van der Waals surface area contributed by atoms with E-state index < -0.39 is 11.6 Å². The molecule has 0 bridgehead atoms. The molecule has 1 aromatic carbocycles. The molecule has 0 saturated carbocycles. The van der Waals surface area contributed by atoms with Crippen molar-refractivity contribution >= 4 is 17.8 Å². The first-order valence-corrected chi connectivity index (χ1v) is 9.53. The van der Waals surface area contributed by atoms with Crippen molar-refractivity contribution in [2.24, 2.45) is 0 Å². The van der Waals surface area contributed by atoms with Crippen molar-refractivity contribution in [3.63, 3.8) is 0 Å². The Labute approximate surface area is 154 Å². The number of fused-ring (bicyclic) bond motifs is 2. The van der Waals surface area contributed by atoms with Crippen LogP contribution in [0.25, 0.3) is 0 Å². The largest absolute Gasteiger partial charge is 0.341 e. The van der Waals surface area contributed by atoms with Gasteiger partial charge in [-0.2, -0.15) is 0 Å². The highest BCUT2D eigenvalue weighted by atomic mass is 16.2. The summed E-state index contributed by atoms with van der Waals surface area (Å²) in [4.78, 5) is 41.1. The highest BCUT2D eigenvalue weighted by Gasteiger charge is 2.54. The highest BCUT2D eigenvalue weighted by molar-refractivity contribution is 6.09. The lowest BCUT2D eigenvalue weighted by molar-refractivity contribution is -0.139. The summed E-state index contributed by atoms with van der Waals surface area (Å²) in [5.74, 6) is -0.472. The number of hydrogen-bond donors (Lipinski definition) is 1. The van der Waals surface area contributed by atoms with Crippen molar-refractivity contribution in [3.8, 4) is 0 Å². The Hall–Kier alpha value is -2.37. The zero-order valence-corrected chi connectivity index (χ0v) is 15.6. The van der Waals surface area contributed by atoms with Gasteiger partial charge in [0, 0.05) is 13.1 Å². The molecule has 3 rings (SSSR count). The monoisotopic (exact) mass is 357 g/mol. The van der Waals surface area contributed by atoms with Crippen molar-refractivity contribution in [2.45, 2.75) is 51.5 Å². The minimum atomic E-state index is -1.01. The van der Waals surface area contributed by atoms with Gasteiger partial charge in [0.25, 0.3) is 5.91 Å². The molecule has 1 heterocycles. The molecule has 1 N–H and O–H groups in total. The van der Waals surface area contributed by atoms with E-state index in [9.17, 15) is 14.4 Å². The molecule has 0 aromatic heterocycles. The number of likely N-dealkylation sites (N-methyl/N-ethyl adjacent to an activating group) is 1. The number of imide groups is 1. The van der Waals surface area contributed by atoms with E-state index in [0.717, 1.165) is 41.7 Å². The van der Waals surface area contributed by atoms with E-state index in [1.54, 1.807) is 4.90 Å². The summed E-state index contributed by atoms with van der Waals surface area (Å²) in [7, 11) is 0. The minimum Gasteiger partial charge on any atom is -0.341 e. The molecule has 140 valence electrons. The number of benzene rings is 1. The summed E-state index contributed by atoms with van der Waals surface area (Å²) < 4.78 is 0. The van der Waals surface area contributed by atoms with E-state index in [0.29, 0.717) is 19.5 Å². The van der Waals surface area contributed by atoms with Crippen LogP contribution in [-0.4, -0.2) is 47.3 Å². The van der Waals surface area contributed by atoms with Crippen molar-refractivity contribution in [1.29, 1.82) is 0 Å². The fourth-order valence-electron chi connectivity index (χ4n) is 4.00. The van der Waals surface area contributed by atoms with Gasteiger partial charge in [-0.05, 0) is 43.7 Å². The summed E-state index contributed by atoms with van der Waals surface area (Å²) >= 11 is 0. The molecule has 1 aromatic rings. The molecular weight excluding hydrogens is 330 g/mol. The van der Waals surface area contributed by atoms with Gasteiger partial charge in [0.15, 0.2) is 0 Å². The average Bonchev–Trinajstić information content (AvgIpc) is 2.87. The quantitative estimate of drug-likeness (QED) is 0.795. The Morgan fingerprint density at radius 1 is 1.27 bits per heavy atom. The Morgan fingerprint density at radius 2 is 2.04 bits per heavy atom. The Morgan fingerprint density at radius 3 is 2.77 bits per heavy atom. The van der Waals surface area contributed by atoms with Crippen LogP contribution in [0, 0.1) is 0 Å². The van der Waals surface area contributed by atoms with E-state index in [1.165, 1.54) is 0 Å². The van der Waals surface area contributed by atoms with Crippen LogP contribution in [0.5, 0.6) is 0 Å². The van der Waals surface area contributed by atoms with Crippen molar-refractivity contribution < 1.29 is 14.4 Å². The summed E-state index contributed by atoms with van der Waals surface area (Å²) in [5.41, 5.74) is 0.962. The summed E-state index contributed by atoms with van der Waals surface area (Å²) in [6.07, 6.45) is 4.22. The molecule has 1 atom stereocenters. The number of aryl methyl sites for hydroxylation is 1. The standard InChI is InChI=1S/C20H27N3O3/c1-3-5-13-22(4-2)17(24)14-23-18(25)20(21-19(23)26)12-8-10-15-9-6-7-11-16(15)20/h6-7,9,11H,3-5,8,10,12-14H2,1-2H3,(H,21,26)/t20-/m0/s1. The Kier molecular flexibility index (Phi) is 5.30. The van der Waals surface area contributed by atoms with Crippen LogP contribution in [0.15, 0.2) is 24.3 Å². The normalized spacial score (nSPS) is 21.7. The lowest BCUT2D eigenvalue weighted by atomic mass is 9.76. The van der Waals surface area contributed by atoms with Gasteiger partial charge in [0.2, 0.25) is 5.91 Å². The molecule has 6 heteroatoms. The molecule has 0 radical (unpaired) electrons. The van der Waals surface area contributed by atoms with Crippen molar-refractivity contribution in [2.75, 3.05) is 19.6 Å². The number of amides is 4. The third kappa shape index (κ3) is 3.08. The molecule has 1 saturated heterocycles. The first-order chi connectivity index (χ1) is 12.5. The van der Waals surface area contributed by atoms with Crippen LogP contribution in [-0.2, 0) is 21.5 Å². The number of unbranched alkanes of at least 4 members (excludes halogenated alkanes) is 1.